The van der Waals surface area contributed by atoms with E-state index in [1.165, 1.54) is 0 Å². The molecule has 0 aliphatic carbocycles. The summed E-state index contributed by atoms with van der Waals surface area (Å²) in [7, 11) is 0. The number of nitrogens with one attached hydrogen (secondary N) is 2. The third-order valence-electron chi connectivity index (χ3n) is 1.22. The van der Waals surface area contributed by atoms with Gasteiger partial charge >= 0.3 is 0 Å². The van der Waals surface area contributed by atoms with E-state index in [0.29, 0.717) is 13.1 Å². The molecule has 1 heterocycles. The normalized spacial score (nSPS) is 28.1. The average molecular weight is 115 g/mol. The Balaban J connectivity index is 2.42. The molecule has 4 N–H and O–H groups in total. The summed E-state index contributed by atoms with van der Waals surface area (Å²) < 4.78 is 0. The van der Waals surface area contributed by atoms with Gasteiger partial charge in [0.1, 0.15) is 0 Å². The molecule has 1 aliphatic heterocycles. The van der Waals surface area contributed by atoms with Crippen molar-refractivity contribution in [2.75, 3.05) is 13.1 Å². The lowest BCUT2D eigenvalue weighted by Gasteiger charge is -1.96. The first kappa shape index (κ1) is 5.53. The Labute approximate surface area is 47.4 Å². The maximum absolute atomic E-state index is 10.6. The van der Waals surface area contributed by atoms with Gasteiger partial charge in [0, 0.05) is 13.1 Å². The lowest BCUT2D eigenvalue weighted by molar-refractivity contribution is -0.122. The standard InChI is InChI=1S/C4H9N3O/c5-1-3-2-6-7-4(3)8/h3,6H,1-2,5H2,(H,7,8). The van der Waals surface area contributed by atoms with Crippen LogP contribution in [0.2, 0.25) is 0 Å². The van der Waals surface area contributed by atoms with Crippen molar-refractivity contribution in [2.45, 2.75) is 0 Å². The average Bonchev–Trinajstić information content (AvgIpc) is 2.14. The highest BCUT2D eigenvalue weighted by molar-refractivity contribution is 5.80. The highest BCUT2D eigenvalue weighted by Crippen LogP contribution is 1.94. The highest BCUT2D eigenvalue weighted by atomic mass is 16.2. The molecule has 1 atom stereocenters. The third kappa shape index (κ3) is 0.801. The molecule has 1 aliphatic rings. The molecule has 1 amide bonds. The van der Waals surface area contributed by atoms with E-state index in [1.807, 2.05) is 0 Å². The van der Waals surface area contributed by atoms with Gasteiger partial charge in [-0.25, -0.2) is 5.43 Å². The fourth-order valence-electron chi connectivity index (χ4n) is 0.646. The topological polar surface area (TPSA) is 67.2 Å². The third-order valence-corrected chi connectivity index (χ3v) is 1.22. The molecule has 1 saturated heterocycles. The largest absolute Gasteiger partial charge is 0.330 e. The molecule has 0 aromatic heterocycles. The molecule has 0 radical (unpaired) electrons. The lowest BCUT2D eigenvalue weighted by atomic mass is 10.1. The number of hydrogen-bond acceptors (Lipinski definition) is 3. The molecular formula is C4H9N3O. The summed E-state index contributed by atoms with van der Waals surface area (Å²) in [6.07, 6.45) is 0. The molecular weight excluding hydrogens is 106 g/mol. The minimum absolute atomic E-state index is 0.00694. The second-order valence-electron chi connectivity index (χ2n) is 1.80. The summed E-state index contributed by atoms with van der Waals surface area (Å²) in [5.41, 5.74) is 10.4. The number of amides is 1. The maximum atomic E-state index is 10.6. The highest BCUT2D eigenvalue weighted by Gasteiger charge is 2.21. The Hall–Kier alpha value is -0.610. The maximum Gasteiger partial charge on any atom is 0.239 e. The van der Waals surface area contributed by atoms with Crippen molar-refractivity contribution in [2.24, 2.45) is 11.7 Å². The van der Waals surface area contributed by atoms with Crippen LogP contribution in [0.25, 0.3) is 0 Å². The van der Waals surface area contributed by atoms with Crippen LogP contribution < -0.4 is 16.6 Å². The van der Waals surface area contributed by atoms with Crippen molar-refractivity contribution in [3.8, 4) is 0 Å². The van der Waals surface area contributed by atoms with Crippen LogP contribution in [0.5, 0.6) is 0 Å². The molecule has 4 heteroatoms. The van der Waals surface area contributed by atoms with Crippen molar-refractivity contribution >= 4 is 5.91 Å². The fourth-order valence-corrected chi connectivity index (χ4v) is 0.646. The quantitative estimate of drug-likeness (QED) is 0.377. The van der Waals surface area contributed by atoms with Gasteiger partial charge in [-0.2, -0.15) is 0 Å². The van der Waals surface area contributed by atoms with Gasteiger partial charge in [-0.05, 0) is 0 Å². The molecule has 1 rings (SSSR count). The number of nitrogens with two attached hydrogens (primary N) is 1. The van der Waals surface area contributed by atoms with E-state index in [2.05, 4.69) is 10.9 Å². The number of hydrogen-bond donors (Lipinski definition) is 3. The van der Waals surface area contributed by atoms with Crippen LogP contribution in [-0.4, -0.2) is 19.0 Å². The Bertz CT molecular complexity index is 103. The minimum Gasteiger partial charge on any atom is -0.330 e. The van der Waals surface area contributed by atoms with Gasteiger partial charge in [0.05, 0.1) is 5.92 Å². The van der Waals surface area contributed by atoms with E-state index >= 15 is 0 Å². The van der Waals surface area contributed by atoms with Crippen LogP contribution in [0.15, 0.2) is 0 Å². The summed E-state index contributed by atoms with van der Waals surface area (Å²) >= 11 is 0. The van der Waals surface area contributed by atoms with Crippen LogP contribution in [-0.2, 0) is 4.79 Å². The van der Waals surface area contributed by atoms with Crippen LogP contribution >= 0.6 is 0 Å². The Morgan fingerprint density at radius 1 is 1.88 bits per heavy atom. The SMILES string of the molecule is NCC1CNNC1=O. The van der Waals surface area contributed by atoms with Gasteiger partial charge in [0.25, 0.3) is 0 Å². The summed E-state index contributed by atoms with van der Waals surface area (Å²) in [5.74, 6) is -0.0116. The van der Waals surface area contributed by atoms with E-state index in [0.717, 1.165) is 0 Å². The first-order chi connectivity index (χ1) is 3.84. The molecule has 0 saturated carbocycles. The Morgan fingerprint density at radius 3 is 2.88 bits per heavy atom. The molecule has 0 spiro atoms. The van der Waals surface area contributed by atoms with Gasteiger partial charge in [-0.3, -0.25) is 10.2 Å². The molecule has 4 nitrogen and oxygen atoms in total. The van der Waals surface area contributed by atoms with Crippen molar-refractivity contribution < 1.29 is 4.79 Å². The second-order valence-corrected chi connectivity index (χ2v) is 1.80. The molecule has 1 unspecified atom stereocenters. The summed E-state index contributed by atoms with van der Waals surface area (Å²) in [6, 6.07) is 0. The van der Waals surface area contributed by atoms with E-state index in [4.69, 9.17) is 5.73 Å². The second kappa shape index (κ2) is 2.11. The van der Waals surface area contributed by atoms with Gasteiger partial charge < -0.3 is 5.73 Å². The van der Waals surface area contributed by atoms with E-state index in [1.54, 1.807) is 0 Å². The number of hydrazine groups is 1. The summed E-state index contributed by atoms with van der Waals surface area (Å²) in [6.45, 7) is 1.09. The molecule has 0 aromatic carbocycles. The molecule has 0 aromatic rings. The van der Waals surface area contributed by atoms with E-state index < -0.39 is 0 Å². The van der Waals surface area contributed by atoms with Gasteiger partial charge in [-0.15, -0.1) is 0 Å². The first-order valence-corrected chi connectivity index (χ1v) is 2.57. The van der Waals surface area contributed by atoms with Gasteiger partial charge in [-0.1, -0.05) is 0 Å². The molecule has 8 heavy (non-hydrogen) atoms. The lowest BCUT2D eigenvalue weighted by Crippen LogP contribution is -2.27. The van der Waals surface area contributed by atoms with Crippen molar-refractivity contribution in [1.29, 1.82) is 0 Å². The molecule has 1 fully saturated rings. The summed E-state index contributed by atoms with van der Waals surface area (Å²) in [4.78, 5) is 10.6. The van der Waals surface area contributed by atoms with Crippen LogP contribution in [0.3, 0.4) is 0 Å². The number of carbonyl (C=O) groups excluding carboxylic acids is 1. The van der Waals surface area contributed by atoms with Crippen LogP contribution in [0, 0.1) is 5.92 Å². The van der Waals surface area contributed by atoms with Gasteiger partial charge in [0.2, 0.25) is 5.91 Å². The number of carbonyl (C=O) groups is 1. The predicted octanol–water partition coefficient (Wildman–Crippen LogP) is -1.80. The molecule has 46 valence electrons. The van der Waals surface area contributed by atoms with Crippen molar-refractivity contribution in [1.82, 2.24) is 10.9 Å². The predicted molar refractivity (Wildman–Crippen MR) is 28.7 cm³/mol. The smallest absolute Gasteiger partial charge is 0.239 e. The van der Waals surface area contributed by atoms with E-state index in [-0.39, 0.29) is 11.8 Å². The van der Waals surface area contributed by atoms with Crippen LogP contribution in [0.4, 0.5) is 0 Å². The summed E-state index contributed by atoms with van der Waals surface area (Å²) in [5, 5.41) is 0. The zero-order chi connectivity index (χ0) is 5.98. The molecule has 0 bridgehead atoms. The zero-order valence-corrected chi connectivity index (χ0v) is 4.48. The monoisotopic (exact) mass is 115 g/mol. The zero-order valence-electron chi connectivity index (χ0n) is 4.48. The fraction of sp³-hybridized carbons (Fsp3) is 0.750. The number of rotatable bonds is 1. The minimum atomic E-state index is -0.0185. The van der Waals surface area contributed by atoms with Crippen molar-refractivity contribution in [3.05, 3.63) is 0 Å². The Kier molecular flexibility index (Phi) is 1.45. The van der Waals surface area contributed by atoms with Gasteiger partial charge in [0.15, 0.2) is 0 Å². The first-order valence-electron chi connectivity index (χ1n) is 2.57. The Morgan fingerprint density at radius 2 is 2.62 bits per heavy atom. The van der Waals surface area contributed by atoms with E-state index in [9.17, 15) is 4.79 Å². The van der Waals surface area contributed by atoms with Crippen molar-refractivity contribution in [3.63, 3.8) is 0 Å². The van der Waals surface area contributed by atoms with Crippen LogP contribution in [0.1, 0.15) is 0 Å².